The van der Waals surface area contributed by atoms with E-state index in [0.717, 1.165) is 19.3 Å². The Hall–Kier alpha value is -1.55. The van der Waals surface area contributed by atoms with Gasteiger partial charge in [-0.1, -0.05) is 17.7 Å². The number of nitrogens with one attached hydrogen (secondary N) is 1. The van der Waals surface area contributed by atoms with Crippen LogP contribution < -0.4 is 5.32 Å². The van der Waals surface area contributed by atoms with Crippen LogP contribution in [-0.4, -0.2) is 17.0 Å². The SMILES string of the molecule is O=C(O)[C@@H]1[C@H]2CC[C@@H](C2)[C@H]1C(=O)Nc1cccc(Cl)c1. The lowest BCUT2D eigenvalue weighted by molar-refractivity contribution is -0.148. The zero-order chi connectivity index (χ0) is 14.3. The molecule has 1 aromatic carbocycles. The maximum atomic E-state index is 12.4. The number of hydrogen-bond acceptors (Lipinski definition) is 2. The molecule has 0 heterocycles. The van der Waals surface area contributed by atoms with Crippen molar-refractivity contribution in [3.05, 3.63) is 29.3 Å². The molecule has 2 bridgehead atoms. The number of carboxylic acid groups (broad SMARTS) is 1. The number of anilines is 1. The molecule has 3 rings (SSSR count). The van der Waals surface area contributed by atoms with Crippen molar-refractivity contribution in [2.75, 3.05) is 5.32 Å². The Morgan fingerprint density at radius 2 is 1.90 bits per heavy atom. The molecular weight excluding hydrogens is 278 g/mol. The fraction of sp³-hybridized carbons (Fsp3) is 0.467. The summed E-state index contributed by atoms with van der Waals surface area (Å²) >= 11 is 5.88. The van der Waals surface area contributed by atoms with Gasteiger partial charge >= 0.3 is 5.97 Å². The lowest BCUT2D eigenvalue weighted by Crippen LogP contribution is -2.37. The van der Waals surface area contributed by atoms with E-state index in [1.165, 1.54) is 0 Å². The number of carbonyl (C=O) groups is 2. The van der Waals surface area contributed by atoms with Gasteiger partial charge in [-0.25, -0.2) is 0 Å². The Morgan fingerprint density at radius 3 is 2.55 bits per heavy atom. The average molecular weight is 294 g/mol. The van der Waals surface area contributed by atoms with Crippen molar-refractivity contribution in [2.24, 2.45) is 23.7 Å². The van der Waals surface area contributed by atoms with Gasteiger partial charge in [0.25, 0.3) is 0 Å². The summed E-state index contributed by atoms with van der Waals surface area (Å²) in [5.41, 5.74) is 0.620. The molecule has 1 amide bonds. The topological polar surface area (TPSA) is 66.4 Å². The van der Waals surface area contributed by atoms with Crippen molar-refractivity contribution in [3.8, 4) is 0 Å². The van der Waals surface area contributed by atoms with Gasteiger partial charge in [-0.15, -0.1) is 0 Å². The van der Waals surface area contributed by atoms with Crippen LogP contribution in [0, 0.1) is 23.7 Å². The standard InChI is InChI=1S/C15H16ClNO3/c16-10-2-1-3-11(7-10)17-14(18)12-8-4-5-9(6-8)13(12)15(19)20/h1-3,7-9,12-13H,4-6H2,(H,17,18)(H,19,20)/t8-,9-,12+,13+/m0/s1. The maximum Gasteiger partial charge on any atom is 0.307 e. The van der Waals surface area contributed by atoms with Crippen LogP contribution in [0.1, 0.15) is 19.3 Å². The van der Waals surface area contributed by atoms with Crippen LogP contribution in [0.4, 0.5) is 5.69 Å². The lowest BCUT2D eigenvalue weighted by Gasteiger charge is -2.27. The normalized spacial score (nSPS) is 31.2. The first-order valence-corrected chi connectivity index (χ1v) is 7.23. The fourth-order valence-electron chi connectivity index (χ4n) is 3.82. The van der Waals surface area contributed by atoms with E-state index in [1.807, 2.05) is 0 Å². The molecule has 2 saturated carbocycles. The second-order valence-electron chi connectivity index (χ2n) is 5.72. The summed E-state index contributed by atoms with van der Waals surface area (Å²) in [6.07, 6.45) is 2.76. The molecule has 2 aliphatic rings. The number of rotatable bonds is 3. The summed E-state index contributed by atoms with van der Waals surface area (Å²) in [6, 6.07) is 6.91. The summed E-state index contributed by atoms with van der Waals surface area (Å²) < 4.78 is 0. The van der Waals surface area contributed by atoms with Crippen LogP contribution in [0.2, 0.25) is 5.02 Å². The number of benzene rings is 1. The quantitative estimate of drug-likeness (QED) is 0.900. The largest absolute Gasteiger partial charge is 0.481 e. The van der Waals surface area contributed by atoms with E-state index >= 15 is 0 Å². The van der Waals surface area contributed by atoms with Gasteiger partial charge < -0.3 is 10.4 Å². The number of carbonyl (C=O) groups excluding carboxylic acids is 1. The predicted molar refractivity (Wildman–Crippen MR) is 75.5 cm³/mol. The Labute approximate surface area is 122 Å². The van der Waals surface area contributed by atoms with Gasteiger partial charge in [0.05, 0.1) is 11.8 Å². The molecule has 0 unspecified atom stereocenters. The molecule has 0 aromatic heterocycles. The van der Waals surface area contributed by atoms with Gasteiger partial charge in [-0.2, -0.15) is 0 Å². The van der Waals surface area contributed by atoms with Crippen molar-refractivity contribution in [1.82, 2.24) is 0 Å². The van der Waals surface area contributed by atoms with E-state index in [2.05, 4.69) is 5.32 Å². The molecule has 0 spiro atoms. The molecule has 106 valence electrons. The molecule has 2 N–H and O–H groups in total. The first-order chi connectivity index (χ1) is 9.56. The molecule has 0 aliphatic heterocycles. The van der Waals surface area contributed by atoms with Crippen LogP contribution in [0.3, 0.4) is 0 Å². The van der Waals surface area contributed by atoms with Crippen LogP contribution in [0.5, 0.6) is 0 Å². The maximum absolute atomic E-state index is 12.4. The van der Waals surface area contributed by atoms with Gasteiger partial charge in [-0.3, -0.25) is 9.59 Å². The van der Waals surface area contributed by atoms with Gasteiger partial charge in [0.15, 0.2) is 0 Å². The smallest absolute Gasteiger partial charge is 0.307 e. The minimum atomic E-state index is -0.844. The minimum absolute atomic E-state index is 0.160. The molecule has 2 fully saturated rings. The summed E-state index contributed by atoms with van der Waals surface area (Å²) in [7, 11) is 0. The van der Waals surface area contributed by atoms with Crippen LogP contribution in [0.15, 0.2) is 24.3 Å². The monoisotopic (exact) mass is 293 g/mol. The third-order valence-corrected chi connectivity index (χ3v) is 4.83. The Kier molecular flexibility index (Phi) is 3.42. The number of hydrogen-bond donors (Lipinski definition) is 2. The zero-order valence-electron chi connectivity index (χ0n) is 10.9. The van der Waals surface area contributed by atoms with E-state index < -0.39 is 17.8 Å². The Bertz CT molecular complexity index is 560. The molecule has 1 aromatic rings. The molecule has 4 nitrogen and oxygen atoms in total. The average Bonchev–Trinajstić information content (AvgIpc) is 2.98. The van der Waals surface area contributed by atoms with Crippen molar-refractivity contribution >= 4 is 29.2 Å². The highest BCUT2D eigenvalue weighted by atomic mass is 35.5. The molecule has 5 heteroatoms. The van der Waals surface area contributed by atoms with E-state index in [1.54, 1.807) is 24.3 Å². The number of aliphatic carboxylic acids is 1. The molecule has 2 aliphatic carbocycles. The van der Waals surface area contributed by atoms with Gasteiger partial charge in [-0.05, 0) is 49.3 Å². The van der Waals surface area contributed by atoms with Crippen molar-refractivity contribution in [1.29, 1.82) is 0 Å². The molecular formula is C15H16ClNO3. The van der Waals surface area contributed by atoms with Crippen LogP contribution in [-0.2, 0) is 9.59 Å². The van der Waals surface area contributed by atoms with E-state index in [0.29, 0.717) is 10.7 Å². The van der Waals surface area contributed by atoms with E-state index in [-0.39, 0.29) is 17.7 Å². The first-order valence-electron chi connectivity index (χ1n) is 6.85. The highest BCUT2D eigenvalue weighted by Gasteiger charge is 2.53. The van der Waals surface area contributed by atoms with Gasteiger partial charge in [0.2, 0.25) is 5.91 Å². The summed E-state index contributed by atoms with van der Waals surface area (Å²) in [4.78, 5) is 23.8. The second kappa shape index (κ2) is 5.09. The van der Waals surface area contributed by atoms with Crippen molar-refractivity contribution < 1.29 is 14.7 Å². The van der Waals surface area contributed by atoms with Gasteiger partial charge in [0, 0.05) is 10.7 Å². The third-order valence-electron chi connectivity index (χ3n) is 4.60. The van der Waals surface area contributed by atoms with Crippen molar-refractivity contribution in [2.45, 2.75) is 19.3 Å². The van der Waals surface area contributed by atoms with Crippen LogP contribution in [0.25, 0.3) is 0 Å². The Balaban J connectivity index is 1.78. The second-order valence-corrected chi connectivity index (χ2v) is 6.16. The lowest BCUT2D eigenvalue weighted by atomic mass is 9.78. The van der Waals surface area contributed by atoms with E-state index in [4.69, 9.17) is 11.6 Å². The summed E-state index contributed by atoms with van der Waals surface area (Å²) in [5, 5.41) is 12.7. The predicted octanol–water partition coefficient (Wildman–Crippen LogP) is 3.03. The highest BCUT2D eigenvalue weighted by molar-refractivity contribution is 6.30. The highest BCUT2D eigenvalue weighted by Crippen LogP contribution is 2.52. The number of carboxylic acids is 1. The Morgan fingerprint density at radius 1 is 1.20 bits per heavy atom. The van der Waals surface area contributed by atoms with Crippen molar-refractivity contribution in [3.63, 3.8) is 0 Å². The van der Waals surface area contributed by atoms with Crippen LogP contribution >= 0.6 is 11.6 Å². The molecule has 20 heavy (non-hydrogen) atoms. The molecule has 0 saturated heterocycles. The number of amides is 1. The summed E-state index contributed by atoms with van der Waals surface area (Å²) in [6.45, 7) is 0. The number of halogens is 1. The summed E-state index contributed by atoms with van der Waals surface area (Å²) in [5.74, 6) is -1.61. The third kappa shape index (κ3) is 2.29. The molecule has 0 radical (unpaired) electrons. The number of fused-ring (bicyclic) bond motifs is 2. The fourth-order valence-corrected chi connectivity index (χ4v) is 4.01. The van der Waals surface area contributed by atoms with Gasteiger partial charge in [0.1, 0.15) is 0 Å². The van der Waals surface area contributed by atoms with E-state index in [9.17, 15) is 14.7 Å². The zero-order valence-corrected chi connectivity index (χ0v) is 11.6. The first kappa shape index (κ1) is 13.4. The minimum Gasteiger partial charge on any atom is -0.481 e. The molecule has 4 atom stereocenters.